The molecule has 1 aliphatic heterocycles. The van der Waals surface area contributed by atoms with E-state index in [9.17, 15) is 0 Å². The van der Waals surface area contributed by atoms with Gasteiger partial charge in [0.15, 0.2) is 0 Å². The van der Waals surface area contributed by atoms with Crippen molar-refractivity contribution < 1.29 is 4.74 Å². The molecule has 0 aromatic carbocycles. The van der Waals surface area contributed by atoms with Crippen LogP contribution in [0.1, 0.15) is 19.8 Å². The summed E-state index contributed by atoms with van der Waals surface area (Å²) in [5.41, 5.74) is 0.0616. The highest BCUT2D eigenvalue weighted by Gasteiger charge is 2.28. The second-order valence-corrected chi connectivity index (χ2v) is 3.96. The van der Waals surface area contributed by atoms with Gasteiger partial charge in [-0.2, -0.15) is 0 Å². The van der Waals surface area contributed by atoms with Gasteiger partial charge in [0, 0.05) is 26.2 Å². The van der Waals surface area contributed by atoms with Crippen molar-refractivity contribution >= 4 is 0 Å². The Kier molecular flexibility index (Phi) is 4.95. The summed E-state index contributed by atoms with van der Waals surface area (Å²) < 4.78 is 5.65. The van der Waals surface area contributed by atoms with Crippen LogP contribution in [0.4, 0.5) is 0 Å². The van der Waals surface area contributed by atoms with Crippen LogP contribution in [0.15, 0.2) is 0 Å². The van der Waals surface area contributed by atoms with E-state index >= 15 is 0 Å². The van der Waals surface area contributed by atoms with Gasteiger partial charge in [0.1, 0.15) is 0 Å². The zero-order valence-corrected chi connectivity index (χ0v) is 8.94. The van der Waals surface area contributed by atoms with E-state index in [4.69, 9.17) is 11.2 Å². The van der Waals surface area contributed by atoms with Gasteiger partial charge in [0.2, 0.25) is 0 Å². The molecule has 0 amide bonds. The molecule has 1 fully saturated rings. The Labute approximate surface area is 86.6 Å². The lowest BCUT2D eigenvalue weighted by atomic mass is 10.0. The fourth-order valence-electron chi connectivity index (χ4n) is 1.67. The summed E-state index contributed by atoms with van der Waals surface area (Å²) in [6.45, 7) is 6.52. The highest BCUT2D eigenvalue weighted by molar-refractivity contribution is 4.86. The third-order valence-electron chi connectivity index (χ3n) is 2.51. The molecule has 0 radical (unpaired) electrons. The number of nitrogens with one attached hydrogen (secondary N) is 2. The fraction of sp³-hybridized carbons (Fsp3) is 0.818. The Morgan fingerprint density at radius 2 is 2.21 bits per heavy atom. The molecule has 3 nitrogen and oxygen atoms in total. The lowest BCUT2D eigenvalue weighted by Crippen LogP contribution is -2.39. The maximum Gasteiger partial charge on any atom is 0.0779 e. The van der Waals surface area contributed by atoms with Crippen molar-refractivity contribution in [2.45, 2.75) is 25.4 Å². The first-order valence-electron chi connectivity index (χ1n) is 5.26. The van der Waals surface area contributed by atoms with Crippen LogP contribution in [0.5, 0.6) is 0 Å². The van der Waals surface area contributed by atoms with E-state index < -0.39 is 0 Å². The normalized spacial score (nSPS) is 26.3. The number of ether oxygens (including phenoxy) is 1. The van der Waals surface area contributed by atoms with Gasteiger partial charge in [-0.05, 0) is 19.8 Å². The van der Waals surface area contributed by atoms with Gasteiger partial charge < -0.3 is 15.4 Å². The van der Waals surface area contributed by atoms with Crippen LogP contribution in [-0.2, 0) is 4.74 Å². The standard InChI is InChI=1S/C11H20N2O/c1-3-6-12-7-8-13-10-11(2)5-4-9-14-11/h1,12-13H,4-10H2,2H3. The van der Waals surface area contributed by atoms with Crippen LogP contribution in [0.25, 0.3) is 0 Å². The highest BCUT2D eigenvalue weighted by atomic mass is 16.5. The highest BCUT2D eigenvalue weighted by Crippen LogP contribution is 2.23. The second-order valence-electron chi connectivity index (χ2n) is 3.96. The van der Waals surface area contributed by atoms with Crippen LogP contribution in [0, 0.1) is 12.3 Å². The zero-order chi connectivity index (χ0) is 10.3. The topological polar surface area (TPSA) is 33.3 Å². The Morgan fingerprint density at radius 3 is 2.86 bits per heavy atom. The predicted molar refractivity (Wildman–Crippen MR) is 58.2 cm³/mol. The SMILES string of the molecule is C#CCNCCNCC1(C)CCCO1. The van der Waals surface area contributed by atoms with E-state index in [1.165, 1.54) is 6.42 Å². The zero-order valence-electron chi connectivity index (χ0n) is 8.94. The molecule has 1 atom stereocenters. The van der Waals surface area contributed by atoms with E-state index in [1.54, 1.807) is 0 Å². The minimum absolute atomic E-state index is 0.0616. The van der Waals surface area contributed by atoms with E-state index in [1.807, 2.05) is 0 Å². The van der Waals surface area contributed by atoms with Gasteiger partial charge in [0.25, 0.3) is 0 Å². The lowest BCUT2D eigenvalue weighted by Gasteiger charge is -2.23. The molecule has 1 unspecified atom stereocenters. The number of rotatable bonds is 6. The molecule has 80 valence electrons. The molecule has 1 aliphatic rings. The number of terminal acetylenes is 1. The Hall–Kier alpha value is -0.560. The summed E-state index contributed by atoms with van der Waals surface area (Å²) in [6.07, 6.45) is 7.46. The van der Waals surface area contributed by atoms with E-state index in [0.29, 0.717) is 6.54 Å². The second kappa shape index (κ2) is 6.02. The molecule has 0 bridgehead atoms. The molecule has 2 N–H and O–H groups in total. The molecule has 0 saturated carbocycles. The third-order valence-corrected chi connectivity index (χ3v) is 2.51. The molecular weight excluding hydrogens is 176 g/mol. The maximum absolute atomic E-state index is 5.65. The van der Waals surface area contributed by atoms with Gasteiger partial charge in [-0.1, -0.05) is 5.92 Å². The maximum atomic E-state index is 5.65. The van der Waals surface area contributed by atoms with Crippen LogP contribution in [0.3, 0.4) is 0 Å². The number of hydrogen-bond donors (Lipinski definition) is 2. The molecule has 1 saturated heterocycles. The van der Waals surface area contributed by atoms with Gasteiger partial charge in [-0.15, -0.1) is 6.42 Å². The van der Waals surface area contributed by atoms with Gasteiger partial charge >= 0.3 is 0 Å². The first-order chi connectivity index (χ1) is 6.77. The molecule has 0 aromatic rings. The average molecular weight is 196 g/mol. The predicted octanol–water partition coefficient (Wildman–Crippen LogP) is 0.368. The number of hydrogen-bond acceptors (Lipinski definition) is 3. The van der Waals surface area contributed by atoms with E-state index in [2.05, 4.69) is 23.5 Å². The molecule has 0 aromatic heterocycles. The molecule has 14 heavy (non-hydrogen) atoms. The summed E-state index contributed by atoms with van der Waals surface area (Å²) in [6, 6.07) is 0. The smallest absolute Gasteiger partial charge is 0.0779 e. The Morgan fingerprint density at radius 1 is 1.43 bits per heavy atom. The van der Waals surface area contributed by atoms with E-state index in [-0.39, 0.29) is 5.60 Å². The summed E-state index contributed by atoms with van der Waals surface area (Å²) >= 11 is 0. The van der Waals surface area contributed by atoms with Gasteiger partial charge in [0.05, 0.1) is 12.1 Å². The third kappa shape index (κ3) is 4.10. The van der Waals surface area contributed by atoms with Crippen LogP contribution in [-0.4, -0.2) is 38.4 Å². The molecule has 1 heterocycles. The van der Waals surface area contributed by atoms with Crippen molar-refractivity contribution in [3.05, 3.63) is 0 Å². The largest absolute Gasteiger partial charge is 0.374 e. The van der Waals surface area contributed by atoms with Crippen molar-refractivity contribution in [3.63, 3.8) is 0 Å². The van der Waals surface area contributed by atoms with Crippen molar-refractivity contribution in [2.75, 3.05) is 32.8 Å². The first-order valence-corrected chi connectivity index (χ1v) is 5.26. The summed E-state index contributed by atoms with van der Waals surface area (Å²) in [7, 11) is 0. The van der Waals surface area contributed by atoms with Crippen molar-refractivity contribution in [1.82, 2.24) is 10.6 Å². The Bertz CT molecular complexity index is 192. The van der Waals surface area contributed by atoms with Gasteiger partial charge in [-0.3, -0.25) is 0 Å². The molecule has 1 rings (SSSR count). The fourth-order valence-corrected chi connectivity index (χ4v) is 1.67. The molecule has 0 aliphatic carbocycles. The lowest BCUT2D eigenvalue weighted by molar-refractivity contribution is 0.0211. The van der Waals surface area contributed by atoms with Crippen LogP contribution in [0.2, 0.25) is 0 Å². The van der Waals surface area contributed by atoms with Crippen molar-refractivity contribution in [2.24, 2.45) is 0 Å². The monoisotopic (exact) mass is 196 g/mol. The van der Waals surface area contributed by atoms with Crippen molar-refractivity contribution in [3.8, 4) is 12.3 Å². The average Bonchev–Trinajstić information content (AvgIpc) is 2.59. The van der Waals surface area contributed by atoms with Crippen molar-refractivity contribution in [1.29, 1.82) is 0 Å². The minimum atomic E-state index is 0.0616. The van der Waals surface area contributed by atoms with Crippen LogP contribution < -0.4 is 10.6 Å². The van der Waals surface area contributed by atoms with Crippen LogP contribution >= 0.6 is 0 Å². The Balaban J connectivity index is 1.96. The van der Waals surface area contributed by atoms with Gasteiger partial charge in [-0.25, -0.2) is 0 Å². The summed E-state index contributed by atoms with van der Waals surface area (Å²) in [5.74, 6) is 2.54. The van der Waals surface area contributed by atoms with E-state index in [0.717, 1.165) is 32.7 Å². The first kappa shape index (κ1) is 11.5. The molecular formula is C11H20N2O. The molecule has 3 heteroatoms. The summed E-state index contributed by atoms with van der Waals surface area (Å²) in [4.78, 5) is 0. The summed E-state index contributed by atoms with van der Waals surface area (Å²) in [5, 5.41) is 6.50. The minimum Gasteiger partial charge on any atom is -0.374 e. The molecule has 0 spiro atoms. The quantitative estimate of drug-likeness (QED) is 0.475.